The minimum Gasteiger partial charge on any atom is -0.356 e. The summed E-state index contributed by atoms with van der Waals surface area (Å²) in [5, 5.41) is 4.42. The Morgan fingerprint density at radius 3 is 2.96 bits per heavy atom. The molecule has 140 valence electrons. The molecule has 5 heteroatoms. The van der Waals surface area contributed by atoms with E-state index in [1.807, 2.05) is 6.07 Å². The Bertz CT molecular complexity index is 770. The molecule has 2 aliphatic heterocycles. The van der Waals surface area contributed by atoms with E-state index >= 15 is 0 Å². The van der Waals surface area contributed by atoms with Crippen LogP contribution in [0.15, 0.2) is 34.9 Å². The number of halogens is 1. The molecular weight excluding hydrogens is 390 g/mol. The van der Waals surface area contributed by atoms with Crippen molar-refractivity contribution >= 4 is 32.7 Å². The average molecular weight is 418 g/mol. The van der Waals surface area contributed by atoms with Crippen molar-refractivity contribution in [3.63, 3.8) is 0 Å². The SMILES string of the molecule is O=C(CCn1ccc2c(Br)cccc21)NC[C@H]1CCCN2CCCC[C@H]12. The van der Waals surface area contributed by atoms with Gasteiger partial charge in [0.1, 0.15) is 0 Å². The third kappa shape index (κ3) is 3.84. The van der Waals surface area contributed by atoms with Crippen molar-refractivity contribution in [2.24, 2.45) is 5.92 Å². The summed E-state index contributed by atoms with van der Waals surface area (Å²) in [5.74, 6) is 0.811. The van der Waals surface area contributed by atoms with Crippen LogP contribution in [0.1, 0.15) is 38.5 Å². The number of hydrogen-bond acceptors (Lipinski definition) is 2. The molecule has 0 aliphatic carbocycles. The van der Waals surface area contributed by atoms with E-state index in [2.05, 4.69) is 55.1 Å². The van der Waals surface area contributed by atoms with Crippen LogP contribution in [-0.2, 0) is 11.3 Å². The van der Waals surface area contributed by atoms with E-state index < -0.39 is 0 Å². The fourth-order valence-electron chi connectivity index (χ4n) is 4.75. The predicted molar refractivity (Wildman–Crippen MR) is 109 cm³/mol. The average Bonchev–Trinajstić information content (AvgIpc) is 3.09. The maximum atomic E-state index is 12.4. The van der Waals surface area contributed by atoms with Crippen LogP contribution in [0.25, 0.3) is 10.9 Å². The Hall–Kier alpha value is -1.33. The summed E-state index contributed by atoms with van der Waals surface area (Å²) in [7, 11) is 0. The minimum absolute atomic E-state index is 0.176. The lowest BCUT2D eigenvalue weighted by atomic mass is 9.83. The topological polar surface area (TPSA) is 37.3 Å². The number of carbonyl (C=O) groups excluding carboxylic acids is 1. The van der Waals surface area contributed by atoms with Gasteiger partial charge in [-0.2, -0.15) is 0 Å². The van der Waals surface area contributed by atoms with Crippen LogP contribution in [0.4, 0.5) is 0 Å². The number of aromatic nitrogens is 1. The molecular formula is C21H28BrN3O. The van der Waals surface area contributed by atoms with E-state index in [9.17, 15) is 4.79 Å². The number of piperidine rings is 2. The lowest BCUT2D eigenvalue weighted by Gasteiger charge is -2.44. The predicted octanol–water partition coefficient (Wildman–Crippen LogP) is 4.17. The van der Waals surface area contributed by atoms with Gasteiger partial charge < -0.3 is 14.8 Å². The molecule has 1 amide bonds. The lowest BCUT2D eigenvalue weighted by molar-refractivity contribution is -0.121. The quantitative estimate of drug-likeness (QED) is 0.791. The number of aryl methyl sites for hydroxylation is 1. The van der Waals surface area contributed by atoms with Gasteiger partial charge >= 0.3 is 0 Å². The minimum atomic E-state index is 0.176. The van der Waals surface area contributed by atoms with Crippen molar-refractivity contribution in [1.29, 1.82) is 0 Å². The van der Waals surface area contributed by atoms with Gasteiger partial charge in [0.25, 0.3) is 0 Å². The number of nitrogens with one attached hydrogen (secondary N) is 1. The van der Waals surface area contributed by atoms with Crippen LogP contribution in [0.2, 0.25) is 0 Å². The molecule has 2 atom stereocenters. The molecule has 0 radical (unpaired) electrons. The van der Waals surface area contributed by atoms with Crippen molar-refractivity contribution in [2.45, 2.75) is 51.1 Å². The number of carbonyl (C=O) groups is 1. The third-order valence-electron chi connectivity index (χ3n) is 6.13. The molecule has 4 nitrogen and oxygen atoms in total. The molecule has 3 heterocycles. The van der Waals surface area contributed by atoms with E-state index in [4.69, 9.17) is 0 Å². The lowest BCUT2D eigenvalue weighted by Crippen LogP contribution is -2.51. The second kappa shape index (κ2) is 8.13. The van der Waals surface area contributed by atoms with Gasteiger partial charge in [-0.3, -0.25) is 4.79 Å². The van der Waals surface area contributed by atoms with Crippen LogP contribution < -0.4 is 5.32 Å². The van der Waals surface area contributed by atoms with Crippen LogP contribution in [-0.4, -0.2) is 41.1 Å². The molecule has 2 aliphatic rings. The second-order valence-corrected chi connectivity index (χ2v) is 8.59. The van der Waals surface area contributed by atoms with Crippen molar-refractivity contribution < 1.29 is 4.79 Å². The Morgan fingerprint density at radius 2 is 2.04 bits per heavy atom. The molecule has 1 aromatic heterocycles. The van der Waals surface area contributed by atoms with Gasteiger partial charge in [0.2, 0.25) is 5.91 Å². The van der Waals surface area contributed by atoms with E-state index in [1.54, 1.807) is 0 Å². The highest BCUT2D eigenvalue weighted by atomic mass is 79.9. The van der Waals surface area contributed by atoms with E-state index in [1.165, 1.54) is 56.1 Å². The van der Waals surface area contributed by atoms with E-state index in [0.29, 0.717) is 18.4 Å². The number of hydrogen-bond donors (Lipinski definition) is 1. The van der Waals surface area contributed by atoms with Crippen LogP contribution in [0, 0.1) is 5.92 Å². The van der Waals surface area contributed by atoms with Gasteiger partial charge in [0.15, 0.2) is 0 Å². The highest BCUT2D eigenvalue weighted by Crippen LogP contribution is 2.30. The summed E-state index contributed by atoms with van der Waals surface area (Å²) in [6.07, 6.45) is 9.16. The number of amides is 1. The summed E-state index contributed by atoms with van der Waals surface area (Å²) in [6.45, 7) is 4.08. The summed E-state index contributed by atoms with van der Waals surface area (Å²) in [4.78, 5) is 15.1. The monoisotopic (exact) mass is 417 g/mol. The zero-order valence-electron chi connectivity index (χ0n) is 15.3. The van der Waals surface area contributed by atoms with Crippen molar-refractivity contribution in [2.75, 3.05) is 19.6 Å². The zero-order valence-corrected chi connectivity index (χ0v) is 16.9. The number of rotatable bonds is 5. The number of nitrogens with zero attached hydrogens (tertiary/aromatic N) is 2. The van der Waals surface area contributed by atoms with Gasteiger partial charge in [-0.25, -0.2) is 0 Å². The Kier molecular flexibility index (Phi) is 5.65. The van der Waals surface area contributed by atoms with Gasteiger partial charge in [-0.05, 0) is 62.9 Å². The number of benzene rings is 1. The summed E-state index contributed by atoms with van der Waals surface area (Å²) in [5.41, 5.74) is 1.18. The van der Waals surface area contributed by atoms with Gasteiger partial charge in [-0.1, -0.05) is 28.4 Å². The maximum Gasteiger partial charge on any atom is 0.221 e. The fraction of sp³-hybridized carbons (Fsp3) is 0.571. The van der Waals surface area contributed by atoms with Crippen LogP contribution in [0.5, 0.6) is 0 Å². The number of fused-ring (bicyclic) bond motifs is 2. The van der Waals surface area contributed by atoms with Crippen LogP contribution in [0.3, 0.4) is 0 Å². The summed E-state index contributed by atoms with van der Waals surface area (Å²) in [6, 6.07) is 9.01. The van der Waals surface area contributed by atoms with Crippen molar-refractivity contribution in [3.8, 4) is 0 Å². The van der Waals surface area contributed by atoms with Gasteiger partial charge in [0.05, 0.1) is 0 Å². The smallest absolute Gasteiger partial charge is 0.221 e. The molecule has 0 spiro atoms. The van der Waals surface area contributed by atoms with Crippen molar-refractivity contribution in [3.05, 3.63) is 34.9 Å². The molecule has 0 saturated carbocycles. The Labute approximate surface area is 164 Å². The fourth-order valence-corrected chi connectivity index (χ4v) is 5.24. The van der Waals surface area contributed by atoms with Crippen molar-refractivity contribution in [1.82, 2.24) is 14.8 Å². The highest BCUT2D eigenvalue weighted by Gasteiger charge is 2.32. The molecule has 2 aromatic rings. The van der Waals surface area contributed by atoms with Gasteiger partial charge in [0, 0.05) is 47.1 Å². The zero-order chi connectivity index (χ0) is 17.9. The molecule has 0 unspecified atom stereocenters. The second-order valence-electron chi connectivity index (χ2n) is 7.74. The molecule has 0 bridgehead atoms. The van der Waals surface area contributed by atoms with Crippen LogP contribution >= 0.6 is 15.9 Å². The first-order valence-corrected chi connectivity index (χ1v) is 10.8. The first kappa shape index (κ1) is 18.1. The van der Waals surface area contributed by atoms with E-state index in [0.717, 1.165) is 17.6 Å². The molecule has 4 rings (SSSR count). The van der Waals surface area contributed by atoms with E-state index in [-0.39, 0.29) is 5.91 Å². The molecule has 2 fully saturated rings. The molecule has 1 aromatic carbocycles. The normalized spacial score (nSPS) is 23.7. The maximum absolute atomic E-state index is 12.4. The summed E-state index contributed by atoms with van der Waals surface area (Å²) >= 11 is 3.59. The summed E-state index contributed by atoms with van der Waals surface area (Å²) < 4.78 is 3.27. The Morgan fingerprint density at radius 1 is 1.15 bits per heavy atom. The highest BCUT2D eigenvalue weighted by molar-refractivity contribution is 9.10. The molecule has 26 heavy (non-hydrogen) atoms. The first-order valence-electron chi connectivity index (χ1n) is 9.96. The standard InChI is InChI=1S/C21H28BrN3O/c22-18-6-3-8-20-17(18)9-13-25(20)14-10-21(26)23-15-16-5-4-12-24-11-2-1-7-19(16)24/h3,6,8-9,13,16,19H,1-2,4-5,7,10-12,14-15H2,(H,23,26)/t16-,19-/m1/s1. The van der Waals surface area contributed by atoms with Gasteiger partial charge in [-0.15, -0.1) is 0 Å². The largest absolute Gasteiger partial charge is 0.356 e. The molecule has 1 N–H and O–H groups in total. The molecule has 2 saturated heterocycles. The Balaban J connectivity index is 1.29. The third-order valence-corrected chi connectivity index (χ3v) is 6.82. The first-order chi connectivity index (χ1) is 12.7.